The fraction of sp³-hybridized carbons (Fsp3) is 0.538. The summed E-state index contributed by atoms with van der Waals surface area (Å²) in [6, 6.07) is -1.17. The summed E-state index contributed by atoms with van der Waals surface area (Å²) < 4.78 is 6.86. The number of ether oxygens (including phenoxy) is 1. The van der Waals surface area contributed by atoms with Gasteiger partial charge in [0.15, 0.2) is 11.5 Å². The molecule has 1 aliphatic heterocycles. The number of fused-ring (bicyclic) bond motifs is 1. The van der Waals surface area contributed by atoms with Gasteiger partial charge in [-0.2, -0.15) is 0 Å². The van der Waals surface area contributed by atoms with Crippen LogP contribution in [0.1, 0.15) is 6.92 Å². The predicted octanol–water partition coefficient (Wildman–Crippen LogP) is -2.81. The van der Waals surface area contributed by atoms with E-state index in [0.717, 1.165) is 0 Å². The molecule has 5 atom stereocenters. The molecule has 0 amide bonds. The lowest BCUT2D eigenvalue weighted by molar-refractivity contribution is -0.178. The van der Waals surface area contributed by atoms with Crippen LogP contribution >= 0.6 is 0 Å². The van der Waals surface area contributed by atoms with Crippen LogP contribution in [0.25, 0.3) is 11.2 Å². The van der Waals surface area contributed by atoms with Gasteiger partial charge in [-0.15, -0.1) is 0 Å². The van der Waals surface area contributed by atoms with Crippen molar-refractivity contribution in [1.82, 2.24) is 24.8 Å². The number of carbonyl (C=O) groups is 1. The second kappa shape index (κ2) is 6.16. The molecule has 12 heteroatoms. The molecule has 3 heterocycles. The molecule has 3 rings (SSSR count). The van der Waals surface area contributed by atoms with E-state index in [-0.39, 0.29) is 17.0 Å². The Labute approximate surface area is 140 Å². The number of aliphatic carboxylic acids is 1. The summed E-state index contributed by atoms with van der Waals surface area (Å²) >= 11 is 0. The molecule has 2 aromatic rings. The lowest BCUT2D eigenvalue weighted by Crippen LogP contribution is -2.60. The zero-order valence-corrected chi connectivity index (χ0v) is 13.1. The molecule has 25 heavy (non-hydrogen) atoms. The second-order valence-electron chi connectivity index (χ2n) is 5.72. The van der Waals surface area contributed by atoms with Crippen LogP contribution in [-0.4, -0.2) is 76.9 Å². The first-order valence-electron chi connectivity index (χ1n) is 7.41. The van der Waals surface area contributed by atoms with Crippen LogP contribution in [0.5, 0.6) is 0 Å². The molecule has 12 nitrogen and oxygen atoms in total. The van der Waals surface area contributed by atoms with Crippen LogP contribution in [0.2, 0.25) is 0 Å². The average Bonchev–Trinajstić information content (AvgIpc) is 3.11. The predicted molar refractivity (Wildman–Crippen MR) is 81.9 cm³/mol. The van der Waals surface area contributed by atoms with Gasteiger partial charge in [0.05, 0.1) is 6.61 Å². The molecule has 136 valence electrons. The molecule has 0 unspecified atom stereocenters. The molecule has 1 aliphatic rings. The van der Waals surface area contributed by atoms with Crippen LogP contribution in [0.3, 0.4) is 0 Å². The summed E-state index contributed by atoms with van der Waals surface area (Å²) in [4.78, 5) is 23.2. The first-order valence-corrected chi connectivity index (χ1v) is 7.41. The summed E-state index contributed by atoms with van der Waals surface area (Å²) in [5.74, 6) is -3.06. The Morgan fingerprint density at radius 3 is 2.80 bits per heavy atom. The number of aliphatic hydroxyl groups excluding tert-OH is 3. The number of rotatable bonds is 5. The fourth-order valence-electron chi connectivity index (χ4n) is 2.81. The quantitative estimate of drug-likeness (QED) is 0.325. The van der Waals surface area contributed by atoms with Gasteiger partial charge in [0.1, 0.15) is 42.5 Å². The zero-order chi connectivity index (χ0) is 18.4. The van der Waals surface area contributed by atoms with Gasteiger partial charge in [-0.1, -0.05) is 0 Å². The highest BCUT2D eigenvalue weighted by atomic mass is 16.6. The molecule has 0 aliphatic carbocycles. The maximum absolute atomic E-state index is 11.3. The number of hydrogen-bond donors (Lipinski definition) is 6. The standard InChI is InChI=1S/C13H18N6O6/c1-5(12(23)24)18-13(9(22)8(21)6(2-20)25-13)19-4-17-7-10(14)15-3-16-11(7)19/h3-6,8-9,18,20-22H,2H2,1H3,(H,23,24)(H2,14,15,16)/t5-,6+,8+,9+,13-/m0/s1. The van der Waals surface area contributed by atoms with Crippen LogP contribution in [0.15, 0.2) is 12.7 Å². The summed E-state index contributed by atoms with van der Waals surface area (Å²) in [5.41, 5.74) is 6.11. The van der Waals surface area contributed by atoms with E-state index in [1.54, 1.807) is 0 Å². The summed E-state index contributed by atoms with van der Waals surface area (Å²) in [5, 5.41) is 41.9. The number of hydrogen-bond acceptors (Lipinski definition) is 10. The van der Waals surface area contributed by atoms with Crippen LogP contribution in [-0.2, 0) is 15.4 Å². The van der Waals surface area contributed by atoms with Crippen molar-refractivity contribution >= 4 is 23.0 Å². The van der Waals surface area contributed by atoms with Crippen LogP contribution in [0, 0.1) is 0 Å². The third kappa shape index (κ3) is 2.60. The van der Waals surface area contributed by atoms with Gasteiger partial charge < -0.3 is 30.9 Å². The van der Waals surface area contributed by atoms with E-state index in [2.05, 4.69) is 20.3 Å². The van der Waals surface area contributed by atoms with Gasteiger partial charge in [0, 0.05) is 0 Å². The minimum Gasteiger partial charge on any atom is -0.480 e. The molecular formula is C13H18N6O6. The van der Waals surface area contributed by atoms with Crippen LogP contribution in [0.4, 0.5) is 5.82 Å². The van der Waals surface area contributed by atoms with Gasteiger partial charge in [0.2, 0.25) is 5.85 Å². The minimum atomic E-state index is -1.93. The number of carboxylic acid groups (broad SMARTS) is 1. The van der Waals surface area contributed by atoms with Gasteiger partial charge in [0.25, 0.3) is 0 Å². The molecule has 2 aromatic heterocycles. The van der Waals surface area contributed by atoms with E-state index in [9.17, 15) is 25.2 Å². The van der Waals surface area contributed by atoms with E-state index in [4.69, 9.17) is 10.5 Å². The lowest BCUT2D eigenvalue weighted by Gasteiger charge is -2.35. The molecular weight excluding hydrogens is 336 g/mol. The van der Waals surface area contributed by atoms with Crippen molar-refractivity contribution in [2.75, 3.05) is 12.3 Å². The van der Waals surface area contributed by atoms with Crippen molar-refractivity contribution in [1.29, 1.82) is 0 Å². The number of nitrogens with two attached hydrogens (primary N) is 1. The van der Waals surface area contributed by atoms with Gasteiger partial charge in [-0.25, -0.2) is 15.0 Å². The Morgan fingerprint density at radius 2 is 2.20 bits per heavy atom. The zero-order valence-electron chi connectivity index (χ0n) is 13.1. The maximum atomic E-state index is 11.3. The highest BCUT2D eigenvalue weighted by Gasteiger charge is 2.57. The third-order valence-electron chi connectivity index (χ3n) is 4.13. The van der Waals surface area contributed by atoms with Crippen molar-refractivity contribution in [2.24, 2.45) is 0 Å². The first kappa shape index (κ1) is 17.4. The summed E-state index contributed by atoms with van der Waals surface area (Å²) in [7, 11) is 0. The number of nitrogens with zero attached hydrogens (tertiary/aromatic N) is 4. The number of anilines is 1. The number of aliphatic hydroxyl groups is 3. The fourth-order valence-corrected chi connectivity index (χ4v) is 2.81. The van der Waals surface area contributed by atoms with Crippen LogP contribution < -0.4 is 11.1 Å². The summed E-state index contributed by atoms with van der Waals surface area (Å²) in [6.45, 7) is 0.744. The van der Waals surface area contributed by atoms with E-state index in [0.29, 0.717) is 0 Å². The van der Waals surface area contributed by atoms with Gasteiger partial charge in [-0.05, 0) is 6.92 Å². The topological polar surface area (TPSA) is 189 Å². The molecule has 1 fully saturated rings. The highest BCUT2D eigenvalue weighted by Crippen LogP contribution is 2.36. The molecule has 7 N–H and O–H groups in total. The lowest BCUT2D eigenvalue weighted by atomic mass is 10.1. The Bertz CT molecular complexity index is 798. The number of carboxylic acids is 1. The van der Waals surface area contributed by atoms with E-state index < -0.39 is 42.8 Å². The maximum Gasteiger partial charge on any atom is 0.320 e. The van der Waals surface area contributed by atoms with E-state index in [1.165, 1.54) is 24.1 Å². The van der Waals surface area contributed by atoms with Crippen molar-refractivity contribution in [3.8, 4) is 0 Å². The Morgan fingerprint density at radius 1 is 1.48 bits per heavy atom. The van der Waals surface area contributed by atoms with Gasteiger partial charge in [-0.3, -0.25) is 14.7 Å². The van der Waals surface area contributed by atoms with E-state index >= 15 is 0 Å². The number of nitrogen functional groups attached to an aromatic ring is 1. The number of aromatic nitrogens is 4. The van der Waals surface area contributed by atoms with Gasteiger partial charge >= 0.3 is 5.97 Å². The minimum absolute atomic E-state index is 0.0805. The normalized spacial score (nSPS) is 30.6. The van der Waals surface area contributed by atoms with Crippen molar-refractivity contribution < 1.29 is 30.0 Å². The Hall–Kier alpha value is -2.38. The molecule has 0 saturated carbocycles. The first-order chi connectivity index (χ1) is 11.8. The number of nitrogens with one attached hydrogen (secondary N) is 1. The Balaban J connectivity index is 2.17. The monoisotopic (exact) mass is 354 g/mol. The van der Waals surface area contributed by atoms with Crippen molar-refractivity contribution in [2.45, 2.75) is 37.1 Å². The summed E-state index contributed by atoms with van der Waals surface area (Å²) in [6.07, 6.45) is -1.85. The van der Waals surface area contributed by atoms with Crippen molar-refractivity contribution in [3.63, 3.8) is 0 Å². The van der Waals surface area contributed by atoms with Crippen molar-refractivity contribution in [3.05, 3.63) is 12.7 Å². The average molecular weight is 354 g/mol. The smallest absolute Gasteiger partial charge is 0.320 e. The molecule has 0 bridgehead atoms. The largest absolute Gasteiger partial charge is 0.480 e. The number of imidazole rings is 1. The second-order valence-corrected chi connectivity index (χ2v) is 5.72. The SMILES string of the molecule is C[C@H](N[C@@]1(n2cnc3c(N)ncnc32)O[C@H](CO)[C@@H](O)[C@H]1O)C(=O)O. The molecule has 0 radical (unpaired) electrons. The third-order valence-corrected chi connectivity index (χ3v) is 4.13. The Kier molecular flexibility index (Phi) is 4.30. The molecule has 0 aromatic carbocycles. The highest BCUT2D eigenvalue weighted by molar-refractivity contribution is 5.81. The van der Waals surface area contributed by atoms with E-state index in [1.807, 2.05) is 0 Å². The molecule has 0 spiro atoms. The molecule has 1 saturated heterocycles.